The highest BCUT2D eigenvalue weighted by Gasteiger charge is 2.22. The van der Waals surface area contributed by atoms with Gasteiger partial charge in [0.15, 0.2) is 0 Å². The molecule has 0 heterocycles. The summed E-state index contributed by atoms with van der Waals surface area (Å²) in [6, 6.07) is 16.3. The van der Waals surface area contributed by atoms with Crippen LogP contribution in [0.3, 0.4) is 0 Å². The molecule has 0 unspecified atom stereocenters. The number of carbonyl (C=O) groups excluding carboxylic acids is 1. The summed E-state index contributed by atoms with van der Waals surface area (Å²) in [6.45, 7) is 0. The molecule has 0 bridgehead atoms. The van der Waals surface area contributed by atoms with Crippen LogP contribution in [-0.2, 0) is 4.79 Å². The van der Waals surface area contributed by atoms with E-state index in [9.17, 15) is 14.7 Å². The number of aliphatic carboxylic acids is 1. The maximum Gasteiger partial charge on any atom is 0.326 e. The van der Waals surface area contributed by atoms with E-state index in [0.29, 0.717) is 24.8 Å². The summed E-state index contributed by atoms with van der Waals surface area (Å²) in [5.74, 6) is 1.05. The number of benzene rings is 3. The second kappa shape index (κ2) is 7.71. The van der Waals surface area contributed by atoms with Gasteiger partial charge in [0.1, 0.15) is 6.04 Å². The van der Waals surface area contributed by atoms with E-state index >= 15 is 0 Å². The summed E-state index contributed by atoms with van der Waals surface area (Å²) in [4.78, 5) is 24.5. The minimum absolute atomic E-state index is 0.300. The van der Waals surface area contributed by atoms with Crippen molar-refractivity contribution < 1.29 is 14.7 Å². The highest BCUT2D eigenvalue weighted by Crippen LogP contribution is 2.28. The number of unbranched alkanes of at least 4 members (excludes halogenated alkanes) is 1. The lowest BCUT2D eigenvalue weighted by molar-refractivity contribution is -0.139. The first-order valence-electron chi connectivity index (χ1n) is 8.49. The molecule has 0 spiro atoms. The van der Waals surface area contributed by atoms with Crippen molar-refractivity contribution >= 4 is 33.4 Å². The third-order valence-electron chi connectivity index (χ3n) is 4.42. The van der Waals surface area contributed by atoms with Gasteiger partial charge in [0.05, 0.1) is 5.56 Å². The molecule has 2 N–H and O–H groups in total. The normalized spacial score (nSPS) is 11.8. The van der Waals surface area contributed by atoms with Gasteiger partial charge in [-0.15, -0.1) is 12.3 Å². The number of terminal acetylenes is 1. The first kappa shape index (κ1) is 17.5. The Morgan fingerprint density at radius 2 is 1.62 bits per heavy atom. The van der Waals surface area contributed by atoms with Crippen molar-refractivity contribution in [2.75, 3.05) is 0 Å². The number of hydrogen-bond acceptors (Lipinski definition) is 2. The molecule has 0 radical (unpaired) electrons. The van der Waals surface area contributed by atoms with Crippen LogP contribution in [0.1, 0.15) is 29.6 Å². The molecule has 4 nitrogen and oxygen atoms in total. The van der Waals surface area contributed by atoms with Crippen LogP contribution < -0.4 is 5.32 Å². The third-order valence-corrected chi connectivity index (χ3v) is 4.42. The molecule has 3 rings (SSSR count). The topological polar surface area (TPSA) is 66.4 Å². The highest BCUT2D eigenvalue weighted by molar-refractivity contribution is 6.18. The van der Waals surface area contributed by atoms with Crippen LogP contribution in [0.25, 0.3) is 21.5 Å². The van der Waals surface area contributed by atoms with Crippen LogP contribution in [0.4, 0.5) is 0 Å². The summed E-state index contributed by atoms with van der Waals surface area (Å²) < 4.78 is 0. The van der Waals surface area contributed by atoms with E-state index in [2.05, 4.69) is 11.2 Å². The molecule has 0 fully saturated rings. The van der Waals surface area contributed by atoms with Crippen molar-refractivity contribution in [1.29, 1.82) is 0 Å². The Bertz CT molecular complexity index is 963. The number of amides is 1. The molecule has 3 aromatic rings. The largest absolute Gasteiger partial charge is 0.480 e. The molecule has 3 aromatic carbocycles. The summed E-state index contributed by atoms with van der Waals surface area (Å²) in [5, 5.41) is 15.6. The van der Waals surface area contributed by atoms with Crippen LogP contribution in [0.2, 0.25) is 0 Å². The van der Waals surface area contributed by atoms with E-state index in [1.807, 2.05) is 54.6 Å². The highest BCUT2D eigenvalue weighted by atomic mass is 16.4. The van der Waals surface area contributed by atoms with Gasteiger partial charge in [0.25, 0.3) is 5.91 Å². The SMILES string of the molecule is C#CCCC[C@H](NC(=O)c1c2ccccc2cc2ccccc12)C(=O)O. The quantitative estimate of drug-likeness (QED) is 0.403. The lowest BCUT2D eigenvalue weighted by Gasteiger charge is -2.16. The standard InChI is InChI=1S/C22H19NO3/c1-2-3-4-13-19(22(25)26)23-21(24)20-17-11-7-5-9-15(17)14-16-10-6-8-12-18(16)20/h1,5-12,14,19H,3-4,13H2,(H,23,24)(H,25,26)/t19-/m0/s1. The number of rotatable bonds is 6. The summed E-state index contributed by atoms with van der Waals surface area (Å²) in [6.07, 6.45) is 6.55. The molecule has 0 saturated heterocycles. The Labute approximate surface area is 151 Å². The first-order chi connectivity index (χ1) is 12.6. The Balaban J connectivity index is 2.03. The molecule has 1 atom stereocenters. The van der Waals surface area contributed by atoms with E-state index in [1.54, 1.807) is 0 Å². The van der Waals surface area contributed by atoms with Gasteiger partial charge in [-0.05, 0) is 40.5 Å². The predicted molar refractivity (Wildman–Crippen MR) is 103 cm³/mol. The van der Waals surface area contributed by atoms with Gasteiger partial charge in [-0.25, -0.2) is 4.79 Å². The number of carbonyl (C=O) groups is 2. The van der Waals surface area contributed by atoms with Crippen molar-refractivity contribution in [2.45, 2.75) is 25.3 Å². The second-order valence-electron chi connectivity index (χ2n) is 6.15. The van der Waals surface area contributed by atoms with E-state index in [0.717, 1.165) is 21.5 Å². The minimum atomic E-state index is -1.06. The maximum absolute atomic E-state index is 13.0. The van der Waals surface area contributed by atoms with Crippen molar-refractivity contribution in [2.24, 2.45) is 0 Å². The smallest absolute Gasteiger partial charge is 0.326 e. The zero-order valence-corrected chi connectivity index (χ0v) is 14.2. The summed E-state index contributed by atoms with van der Waals surface area (Å²) in [7, 11) is 0. The molecular formula is C22H19NO3. The van der Waals surface area contributed by atoms with Gasteiger partial charge < -0.3 is 10.4 Å². The number of nitrogens with one attached hydrogen (secondary N) is 1. The number of fused-ring (bicyclic) bond motifs is 2. The Morgan fingerprint density at radius 3 is 2.15 bits per heavy atom. The lowest BCUT2D eigenvalue weighted by Crippen LogP contribution is -2.40. The monoisotopic (exact) mass is 345 g/mol. The predicted octanol–water partition coefficient (Wildman–Crippen LogP) is 3.98. The van der Waals surface area contributed by atoms with Crippen molar-refractivity contribution in [3.05, 3.63) is 60.2 Å². The molecule has 0 saturated carbocycles. The molecule has 0 aliphatic carbocycles. The Morgan fingerprint density at radius 1 is 1.04 bits per heavy atom. The number of hydrogen-bond donors (Lipinski definition) is 2. The zero-order chi connectivity index (χ0) is 18.5. The fourth-order valence-electron chi connectivity index (χ4n) is 3.15. The summed E-state index contributed by atoms with van der Waals surface area (Å²) >= 11 is 0. The molecule has 0 aliphatic heterocycles. The molecule has 0 aromatic heterocycles. The van der Waals surface area contributed by atoms with E-state index in [1.165, 1.54) is 0 Å². The van der Waals surface area contributed by atoms with Gasteiger partial charge >= 0.3 is 5.97 Å². The average Bonchev–Trinajstić information content (AvgIpc) is 2.65. The van der Waals surface area contributed by atoms with Gasteiger partial charge in [-0.2, -0.15) is 0 Å². The molecule has 26 heavy (non-hydrogen) atoms. The van der Waals surface area contributed by atoms with Crippen LogP contribution in [0, 0.1) is 12.3 Å². The van der Waals surface area contributed by atoms with Crippen molar-refractivity contribution in [3.8, 4) is 12.3 Å². The van der Waals surface area contributed by atoms with Crippen molar-refractivity contribution in [3.63, 3.8) is 0 Å². The molecular weight excluding hydrogens is 326 g/mol. The lowest BCUT2D eigenvalue weighted by atomic mass is 9.96. The molecule has 4 heteroatoms. The minimum Gasteiger partial charge on any atom is -0.480 e. The van der Waals surface area contributed by atoms with Crippen LogP contribution >= 0.6 is 0 Å². The van der Waals surface area contributed by atoms with Gasteiger partial charge in [-0.3, -0.25) is 4.79 Å². The maximum atomic E-state index is 13.0. The second-order valence-corrected chi connectivity index (χ2v) is 6.15. The Hall–Kier alpha value is -3.32. The van der Waals surface area contributed by atoms with Crippen LogP contribution in [0.15, 0.2) is 54.6 Å². The summed E-state index contributed by atoms with van der Waals surface area (Å²) in [5.41, 5.74) is 0.502. The molecule has 1 amide bonds. The fourth-order valence-corrected chi connectivity index (χ4v) is 3.15. The zero-order valence-electron chi connectivity index (χ0n) is 14.2. The average molecular weight is 345 g/mol. The van der Waals surface area contributed by atoms with Gasteiger partial charge in [0.2, 0.25) is 0 Å². The van der Waals surface area contributed by atoms with E-state index in [4.69, 9.17) is 6.42 Å². The Kier molecular flexibility index (Phi) is 5.19. The van der Waals surface area contributed by atoms with E-state index in [-0.39, 0.29) is 5.91 Å². The van der Waals surface area contributed by atoms with Crippen LogP contribution in [-0.4, -0.2) is 23.0 Å². The first-order valence-corrected chi connectivity index (χ1v) is 8.49. The fraction of sp³-hybridized carbons (Fsp3) is 0.182. The third kappa shape index (κ3) is 3.52. The van der Waals surface area contributed by atoms with Crippen LogP contribution in [0.5, 0.6) is 0 Å². The van der Waals surface area contributed by atoms with Gasteiger partial charge in [0, 0.05) is 6.42 Å². The van der Waals surface area contributed by atoms with Gasteiger partial charge in [-0.1, -0.05) is 48.5 Å². The van der Waals surface area contributed by atoms with E-state index < -0.39 is 12.0 Å². The molecule has 130 valence electrons. The number of carboxylic acid groups (broad SMARTS) is 1. The van der Waals surface area contributed by atoms with Crippen molar-refractivity contribution in [1.82, 2.24) is 5.32 Å². The number of carboxylic acids is 1. The molecule has 0 aliphatic rings.